The summed E-state index contributed by atoms with van der Waals surface area (Å²) in [6, 6.07) is 4.07. The maximum absolute atomic E-state index is 11.6. The first-order chi connectivity index (χ1) is 7.93. The van der Waals surface area contributed by atoms with Crippen LogP contribution in [0.5, 0.6) is 0 Å². The maximum Gasteiger partial charge on any atom is 0.234 e. The van der Waals surface area contributed by atoms with E-state index in [1.165, 1.54) is 4.88 Å². The van der Waals surface area contributed by atoms with Crippen LogP contribution < -0.4 is 10.6 Å². The van der Waals surface area contributed by atoms with Crippen molar-refractivity contribution < 1.29 is 4.79 Å². The Morgan fingerprint density at radius 1 is 1.47 bits per heavy atom. The highest BCUT2D eigenvalue weighted by Gasteiger charge is 2.17. The molecule has 0 aliphatic heterocycles. The summed E-state index contributed by atoms with van der Waals surface area (Å²) < 4.78 is 1.12. The molecule has 1 amide bonds. The van der Waals surface area contributed by atoms with E-state index in [4.69, 9.17) is 0 Å². The van der Waals surface area contributed by atoms with Crippen LogP contribution in [0.25, 0.3) is 0 Å². The van der Waals surface area contributed by atoms with Crippen LogP contribution in [0.4, 0.5) is 0 Å². The molecule has 0 fully saturated rings. The average Bonchev–Trinajstić information content (AvgIpc) is 2.63. The Morgan fingerprint density at radius 2 is 2.18 bits per heavy atom. The minimum Gasteiger partial charge on any atom is -0.350 e. The molecular formula is C12H19BrN2OS. The molecule has 0 bridgehead atoms. The molecule has 0 radical (unpaired) electrons. The van der Waals surface area contributed by atoms with Gasteiger partial charge in [-0.3, -0.25) is 4.79 Å². The average molecular weight is 319 g/mol. The molecule has 1 aromatic heterocycles. The van der Waals surface area contributed by atoms with Crippen LogP contribution >= 0.6 is 27.3 Å². The molecular weight excluding hydrogens is 300 g/mol. The fourth-order valence-electron chi connectivity index (χ4n) is 1.26. The lowest BCUT2D eigenvalue weighted by atomic mass is 10.0. The highest BCUT2D eigenvalue weighted by atomic mass is 79.9. The van der Waals surface area contributed by atoms with Crippen molar-refractivity contribution in [3.8, 4) is 0 Å². The zero-order chi connectivity index (χ0) is 12.9. The van der Waals surface area contributed by atoms with Gasteiger partial charge in [0.15, 0.2) is 0 Å². The molecule has 0 saturated heterocycles. The summed E-state index contributed by atoms with van der Waals surface area (Å²) in [6.07, 6.45) is 0.927. The molecule has 96 valence electrons. The molecule has 0 spiro atoms. The largest absolute Gasteiger partial charge is 0.350 e. The normalized spacial score (nSPS) is 11.5. The molecule has 0 saturated carbocycles. The molecule has 0 aliphatic carbocycles. The second kappa shape index (κ2) is 6.52. The van der Waals surface area contributed by atoms with Crippen LogP contribution in [0.1, 0.15) is 32.1 Å². The number of amides is 1. The van der Waals surface area contributed by atoms with E-state index in [1.54, 1.807) is 11.3 Å². The highest BCUT2D eigenvalue weighted by Crippen LogP contribution is 2.21. The fourth-order valence-corrected chi connectivity index (χ4v) is 2.71. The van der Waals surface area contributed by atoms with Gasteiger partial charge in [0.25, 0.3) is 0 Å². The zero-order valence-electron chi connectivity index (χ0n) is 10.5. The smallest absolute Gasteiger partial charge is 0.234 e. The summed E-state index contributed by atoms with van der Waals surface area (Å²) in [5.41, 5.74) is -0.120. The molecule has 2 N–H and O–H groups in total. The van der Waals surface area contributed by atoms with Crippen molar-refractivity contribution >= 4 is 33.2 Å². The molecule has 3 nitrogen and oxygen atoms in total. The van der Waals surface area contributed by atoms with Crippen molar-refractivity contribution in [2.45, 2.75) is 39.3 Å². The summed E-state index contributed by atoms with van der Waals surface area (Å²) in [7, 11) is 0. The monoisotopic (exact) mass is 318 g/mol. The number of nitrogens with one attached hydrogen (secondary N) is 2. The number of hydrogen-bond acceptors (Lipinski definition) is 3. The van der Waals surface area contributed by atoms with E-state index in [2.05, 4.69) is 39.6 Å². The molecule has 0 aromatic carbocycles. The second-order valence-corrected chi connectivity index (χ2v) is 7.14. The van der Waals surface area contributed by atoms with E-state index in [0.717, 1.165) is 16.8 Å². The minimum atomic E-state index is -0.120. The molecule has 0 atom stereocenters. The van der Waals surface area contributed by atoms with E-state index in [9.17, 15) is 4.79 Å². The number of hydrogen-bond donors (Lipinski definition) is 2. The third-order valence-corrected chi connectivity index (χ3v) is 4.20. The number of thiophene rings is 1. The molecule has 1 rings (SSSR count). The van der Waals surface area contributed by atoms with Gasteiger partial charge in [-0.2, -0.15) is 0 Å². The van der Waals surface area contributed by atoms with Gasteiger partial charge < -0.3 is 10.6 Å². The van der Waals surface area contributed by atoms with Crippen LogP contribution in [0.2, 0.25) is 0 Å². The van der Waals surface area contributed by atoms with E-state index >= 15 is 0 Å². The molecule has 1 aromatic rings. The predicted molar refractivity (Wildman–Crippen MR) is 76.2 cm³/mol. The summed E-state index contributed by atoms with van der Waals surface area (Å²) in [6.45, 7) is 7.22. The fraction of sp³-hybridized carbons (Fsp3) is 0.583. The van der Waals surface area contributed by atoms with Gasteiger partial charge in [0, 0.05) is 17.0 Å². The summed E-state index contributed by atoms with van der Waals surface area (Å²) >= 11 is 5.09. The number of carbonyl (C=O) groups excluding carboxylic acids is 1. The third kappa shape index (κ3) is 5.66. The Morgan fingerprint density at radius 3 is 2.71 bits per heavy atom. The van der Waals surface area contributed by atoms with Crippen LogP contribution in [0, 0.1) is 0 Å². The summed E-state index contributed by atoms with van der Waals surface area (Å²) in [4.78, 5) is 12.9. The first-order valence-corrected chi connectivity index (χ1v) is 7.30. The highest BCUT2D eigenvalue weighted by molar-refractivity contribution is 9.11. The van der Waals surface area contributed by atoms with Crippen LogP contribution in [0.15, 0.2) is 15.9 Å². The van der Waals surface area contributed by atoms with Crippen molar-refractivity contribution in [2.24, 2.45) is 0 Å². The van der Waals surface area contributed by atoms with Crippen molar-refractivity contribution in [2.75, 3.05) is 6.54 Å². The summed E-state index contributed by atoms with van der Waals surface area (Å²) in [5.74, 6) is 0.0486. The van der Waals surface area contributed by atoms with Crippen LogP contribution in [0.3, 0.4) is 0 Å². The Labute approximate surface area is 115 Å². The van der Waals surface area contributed by atoms with E-state index in [-0.39, 0.29) is 11.4 Å². The second-order valence-electron chi connectivity index (χ2n) is 4.59. The number of carbonyl (C=O) groups is 1. The standard InChI is InChI=1S/C12H19BrN2OS/c1-4-12(2,3)15-11(16)8-14-7-9-5-6-10(13)17-9/h5-6,14H,4,7-8H2,1-3H3,(H,15,16). The van der Waals surface area contributed by atoms with Gasteiger partial charge in [-0.25, -0.2) is 0 Å². The van der Waals surface area contributed by atoms with Gasteiger partial charge in [0.05, 0.1) is 10.3 Å². The Kier molecular flexibility index (Phi) is 5.62. The minimum absolute atomic E-state index is 0.0486. The lowest BCUT2D eigenvalue weighted by molar-refractivity contribution is -0.121. The van der Waals surface area contributed by atoms with E-state index in [1.807, 2.05) is 19.9 Å². The first kappa shape index (κ1) is 14.7. The van der Waals surface area contributed by atoms with Gasteiger partial charge >= 0.3 is 0 Å². The van der Waals surface area contributed by atoms with Gasteiger partial charge in [-0.05, 0) is 48.3 Å². The molecule has 1 heterocycles. The van der Waals surface area contributed by atoms with Crippen molar-refractivity contribution in [1.29, 1.82) is 0 Å². The SMILES string of the molecule is CCC(C)(C)NC(=O)CNCc1ccc(Br)s1. The van der Waals surface area contributed by atoms with Crippen LogP contribution in [-0.4, -0.2) is 18.0 Å². The van der Waals surface area contributed by atoms with Gasteiger partial charge in [0.2, 0.25) is 5.91 Å². The van der Waals surface area contributed by atoms with Gasteiger partial charge in [-0.15, -0.1) is 11.3 Å². The first-order valence-electron chi connectivity index (χ1n) is 5.69. The lowest BCUT2D eigenvalue weighted by Crippen LogP contribution is -2.46. The van der Waals surface area contributed by atoms with E-state index in [0.29, 0.717) is 6.54 Å². The molecule has 0 aliphatic rings. The Hall–Kier alpha value is -0.390. The maximum atomic E-state index is 11.6. The van der Waals surface area contributed by atoms with Gasteiger partial charge in [-0.1, -0.05) is 6.92 Å². The van der Waals surface area contributed by atoms with E-state index < -0.39 is 0 Å². The topological polar surface area (TPSA) is 41.1 Å². The van der Waals surface area contributed by atoms with Crippen molar-refractivity contribution in [1.82, 2.24) is 10.6 Å². The third-order valence-electron chi connectivity index (χ3n) is 2.58. The zero-order valence-corrected chi connectivity index (χ0v) is 12.9. The number of halogens is 1. The lowest BCUT2D eigenvalue weighted by Gasteiger charge is -2.24. The van der Waals surface area contributed by atoms with Crippen molar-refractivity contribution in [3.63, 3.8) is 0 Å². The number of rotatable bonds is 6. The summed E-state index contributed by atoms with van der Waals surface area (Å²) in [5, 5.41) is 6.13. The Balaban J connectivity index is 2.25. The quantitative estimate of drug-likeness (QED) is 0.846. The molecule has 5 heteroatoms. The molecule has 0 unspecified atom stereocenters. The van der Waals surface area contributed by atoms with Crippen LogP contribution in [-0.2, 0) is 11.3 Å². The Bertz CT molecular complexity index is 376. The predicted octanol–water partition coefficient (Wildman–Crippen LogP) is 2.91. The van der Waals surface area contributed by atoms with Crippen molar-refractivity contribution in [3.05, 3.63) is 20.8 Å². The molecule has 17 heavy (non-hydrogen) atoms. The van der Waals surface area contributed by atoms with Gasteiger partial charge in [0.1, 0.15) is 0 Å².